The second kappa shape index (κ2) is 7.07. The number of benzene rings is 1. The number of amides is 1. The number of piperazine rings is 1. The summed E-state index contributed by atoms with van der Waals surface area (Å²) in [5.74, 6) is 0.262. The van der Waals surface area contributed by atoms with Gasteiger partial charge in [0.1, 0.15) is 0 Å². The first-order valence-electron chi connectivity index (χ1n) is 7.79. The molecule has 1 aromatic carbocycles. The smallest absolute Gasteiger partial charge is 0.227 e. The van der Waals surface area contributed by atoms with E-state index in [1.54, 1.807) is 11.3 Å². The lowest BCUT2D eigenvalue weighted by atomic mass is 10.1. The van der Waals surface area contributed by atoms with E-state index in [-0.39, 0.29) is 5.91 Å². The maximum atomic E-state index is 12.3. The molecule has 0 unspecified atom stereocenters. The van der Waals surface area contributed by atoms with Crippen LogP contribution < -0.4 is 0 Å². The molecular weight excluding hydrogens is 292 g/mol. The lowest BCUT2D eigenvalue weighted by Gasteiger charge is -2.34. The molecule has 3 rings (SSSR count). The highest BCUT2D eigenvalue weighted by Gasteiger charge is 2.21. The van der Waals surface area contributed by atoms with Crippen LogP contribution in [0.2, 0.25) is 0 Å². The van der Waals surface area contributed by atoms with Crippen molar-refractivity contribution in [1.29, 1.82) is 0 Å². The minimum Gasteiger partial charge on any atom is -0.340 e. The molecule has 0 atom stereocenters. The monoisotopic (exact) mass is 314 g/mol. The summed E-state index contributed by atoms with van der Waals surface area (Å²) in [5.41, 5.74) is 2.65. The van der Waals surface area contributed by atoms with Gasteiger partial charge in [0.05, 0.1) is 6.42 Å². The highest BCUT2D eigenvalue weighted by atomic mass is 32.1. The Morgan fingerprint density at radius 3 is 2.45 bits per heavy atom. The van der Waals surface area contributed by atoms with Crippen LogP contribution in [0.15, 0.2) is 41.8 Å². The summed E-state index contributed by atoms with van der Waals surface area (Å²) in [7, 11) is 0. The average molecular weight is 314 g/mol. The molecule has 1 aromatic heterocycles. The van der Waals surface area contributed by atoms with Crippen LogP contribution in [0.3, 0.4) is 0 Å². The summed E-state index contributed by atoms with van der Waals surface area (Å²) in [5, 5.41) is 2.03. The minimum absolute atomic E-state index is 0.262. The van der Waals surface area contributed by atoms with Gasteiger partial charge in [-0.1, -0.05) is 35.9 Å². The molecule has 4 heteroatoms. The van der Waals surface area contributed by atoms with Gasteiger partial charge in [-0.2, -0.15) is 0 Å². The van der Waals surface area contributed by atoms with Crippen molar-refractivity contribution in [2.75, 3.05) is 26.2 Å². The normalized spacial score (nSPS) is 16.0. The fourth-order valence-electron chi connectivity index (χ4n) is 2.78. The molecule has 1 amide bonds. The van der Waals surface area contributed by atoms with Gasteiger partial charge in [-0.3, -0.25) is 9.69 Å². The van der Waals surface area contributed by atoms with Crippen molar-refractivity contribution < 1.29 is 4.79 Å². The van der Waals surface area contributed by atoms with Gasteiger partial charge >= 0.3 is 0 Å². The van der Waals surface area contributed by atoms with Crippen LogP contribution in [0.4, 0.5) is 0 Å². The predicted molar refractivity (Wildman–Crippen MR) is 91.1 cm³/mol. The molecule has 1 aliphatic heterocycles. The van der Waals surface area contributed by atoms with Crippen molar-refractivity contribution in [1.82, 2.24) is 9.80 Å². The van der Waals surface area contributed by atoms with Crippen LogP contribution in [0.5, 0.6) is 0 Å². The Morgan fingerprint density at radius 1 is 1.09 bits per heavy atom. The van der Waals surface area contributed by atoms with E-state index < -0.39 is 0 Å². The molecule has 1 fully saturated rings. The Balaban J connectivity index is 1.47. The summed E-state index contributed by atoms with van der Waals surface area (Å²) in [6.45, 7) is 6.70. The van der Waals surface area contributed by atoms with E-state index in [9.17, 15) is 4.79 Å². The first-order valence-corrected chi connectivity index (χ1v) is 8.67. The van der Waals surface area contributed by atoms with Crippen LogP contribution in [-0.2, 0) is 17.8 Å². The molecule has 0 aliphatic carbocycles. The number of carbonyl (C=O) groups is 1. The van der Waals surface area contributed by atoms with Crippen molar-refractivity contribution >= 4 is 17.2 Å². The van der Waals surface area contributed by atoms with E-state index in [1.165, 1.54) is 11.1 Å². The predicted octanol–water partition coefficient (Wildman–Crippen LogP) is 2.94. The highest BCUT2D eigenvalue weighted by Crippen LogP contribution is 2.13. The van der Waals surface area contributed by atoms with Gasteiger partial charge in [0.15, 0.2) is 0 Å². The maximum absolute atomic E-state index is 12.3. The molecule has 0 N–H and O–H groups in total. The van der Waals surface area contributed by atoms with Gasteiger partial charge in [0, 0.05) is 37.6 Å². The second-order valence-electron chi connectivity index (χ2n) is 5.90. The molecule has 0 radical (unpaired) electrons. The first kappa shape index (κ1) is 15.3. The molecule has 1 saturated heterocycles. The third-order valence-electron chi connectivity index (χ3n) is 4.16. The zero-order chi connectivity index (χ0) is 15.4. The fraction of sp³-hybridized carbons (Fsp3) is 0.389. The number of hydrogen-bond acceptors (Lipinski definition) is 3. The Bertz CT molecular complexity index is 599. The van der Waals surface area contributed by atoms with Crippen LogP contribution >= 0.6 is 11.3 Å². The molecule has 0 saturated carbocycles. The first-order chi connectivity index (χ1) is 10.7. The maximum Gasteiger partial charge on any atom is 0.227 e. The van der Waals surface area contributed by atoms with Gasteiger partial charge < -0.3 is 4.90 Å². The van der Waals surface area contributed by atoms with Crippen LogP contribution in [-0.4, -0.2) is 41.9 Å². The molecule has 0 spiro atoms. The number of thiophene rings is 1. The molecule has 3 nitrogen and oxygen atoms in total. The van der Waals surface area contributed by atoms with E-state index in [0.29, 0.717) is 6.42 Å². The Kier molecular flexibility index (Phi) is 4.90. The van der Waals surface area contributed by atoms with Gasteiger partial charge in [-0.15, -0.1) is 11.3 Å². The van der Waals surface area contributed by atoms with Crippen LogP contribution in [0, 0.1) is 6.92 Å². The number of carbonyl (C=O) groups excluding carboxylic acids is 1. The third kappa shape index (κ3) is 3.96. The SMILES string of the molecule is Cc1ccc(CN2CCN(C(=O)Cc3cccs3)CC2)cc1. The van der Waals surface area contributed by atoms with Crippen molar-refractivity contribution in [3.63, 3.8) is 0 Å². The summed E-state index contributed by atoms with van der Waals surface area (Å²) < 4.78 is 0. The van der Waals surface area contributed by atoms with Crippen molar-refractivity contribution in [2.45, 2.75) is 19.9 Å². The second-order valence-corrected chi connectivity index (χ2v) is 6.93. The largest absolute Gasteiger partial charge is 0.340 e. The third-order valence-corrected chi connectivity index (χ3v) is 5.03. The molecule has 2 aromatic rings. The molecule has 22 heavy (non-hydrogen) atoms. The Hall–Kier alpha value is -1.65. The van der Waals surface area contributed by atoms with Crippen molar-refractivity contribution in [2.24, 2.45) is 0 Å². The van der Waals surface area contributed by atoms with Crippen molar-refractivity contribution in [3.8, 4) is 0 Å². The van der Waals surface area contributed by atoms with E-state index >= 15 is 0 Å². The zero-order valence-corrected chi connectivity index (χ0v) is 13.8. The number of nitrogens with zero attached hydrogens (tertiary/aromatic N) is 2. The van der Waals surface area contributed by atoms with E-state index in [4.69, 9.17) is 0 Å². The molecular formula is C18H22N2OS. The minimum atomic E-state index is 0.262. The van der Waals surface area contributed by atoms with E-state index in [2.05, 4.69) is 36.1 Å². The molecule has 116 valence electrons. The molecule has 2 heterocycles. The quantitative estimate of drug-likeness (QED) is 0.866. The van der Waals surface area contributed by atoms with Gasteiger partial charge in [-0.25, -0.2) is 0 Å². The van der Waals surface area contributed by atoms with Crippen LogP contribution in [0.25, 0.3) is 0 Å². The number of hydrogen-bond donors (Lipinski definition) is 0. The fourth-order valence-corrected chi connectivity index (χ4v) is 3.48. The number of aryl methyl sites for hydroxylation is 1. The van der Waals surface area contributed by atoms with Gasteiger partial charge in [0.2, 0.25) is 5.91 Å². The molecule has 0 bridgehead atoms. The summed E-state index contributed by atoms with van der Waals surface area (Å²) in [6, 6.07) is 12.8. The lowest BCUT2D eigenvalue weighted by molar-refractivity contribution is -0.132. The summed E-state index contributed by atoms with van der Waals surface area (Å²) in [6.07, 6.45) is 0.551. The van der Waals surface area contributed by atoms with E-state index in [0.717, 1.165) is 37.6 Å². The number of rotatable bonds is 4. The standard InChI is InChI=1S/C18H22N2OS/c1-15-4-6-16(7-5-15)14-19-8-10-20(11-9-19)18(21)13-17-3-2-12-22-17/h2-7,12H,8-11,13-14H2,1H3. The van der Waals surface area contributed by atoms with Crippen LogP contribution in [0.1, 0.15) is 16.0 Å². The topological polar surface area (TPSA) is 23.6 Å². The lowest BCUT2D eigenvalue weighted by Crippen LogP contribution is -2.48. The molecule has 1 aliphatic rings. The Morgan fingerprint density at radius 2 is 1.82 bits per heavy atom. The average Bonchev–Trinajstić information content (AvgIpc) is 3.03. The summed E-state index contributed by atoms with van der Waals surface area (Å²) in [4.78, 5) is 17.9. The van der Waals surface area contributed by atoms with Crippen molar-refractivity contribution in [3.05, 3.63) is 57.8 Å². The van der Waals surface area contributed by atoms with E-state index in [1.807, 2.05) is 22.4 Å². The Labute approximate surface area is 136 Å². The summed E-state index contributed by atoms with van der Waals surface area (Å²) >= 11 is 1.66. The van der Waals surface area contributed by atoms with Gasteiger partial charge in [-0.05, 0) is 23.9 Å². The zero-order valence-electron chi connectivity index (χ0n) is 13.0. The highest BCUT2D eigenvalue weighted by molar-refractivity contribution is 7.10. The van der Waals surface area contributed by atoms with Gasteiger partial charge in [0.25, 0.3) is 0 Å².